The molecule has 0 bridgehead atoms. The van der Waals surface area contributed by atoms with E-state index in [0.29, 0.717) is 12.1 Å². The molecule has 2 N–H and O–H groups in total. The van der Waals surface area contributed by atoms with Crippen LogP contribution in [0.1, 0.15) is 39.0 Å². The van der Waals surface area contributed by atoms with E-state index in [2.05, 4.69) is 26.9 Å². The number of carbonyl (C=O) groups is 1. The highest BCUT2D eigenvalue weighted by Crippen LogP contribution is 2.19. The molecule has 9 heteroatoms. The van der Waals surface area contributed by atoms with Crippen molar-refractivity contribution in [2.45, 2.75) is 43.9 Å². The smallest absolute Gasteiger partial charge is 0.263 e. The molecule has 0 fully saturated rings. The van der Waals surface area contributed by atoms with Gasteiger partial charge in [-0.1, -0.05) is 26.2 Å². The van der Waals surface area contributed by atoms with Crippen molar-refractivity contribution in [1.29, 1.82) is 0 Å². The molecule has 0 spiro atoms. The second-order valence-corrected chi connectivity index (χ2v) is 7.62. The molecule has 0 aliphatic carbocycles. The number of sulfonamides is 1. The molecule has 0 aliphatic heterocycles. The zero-order valence-electron chi connectivity index (χ0n) is 15.4. The monoisotopic (exact) mass is 392 g/mol. The lowest BCUT2D eigenvalue weighted by Gasteiger charge is -2.09. The molecule has 0 saturated carbocycles. The van der Waals surface area contributed by atoms with Crippen LogP contribution in [0.15, 0.2) is 41.6 Å². The predicted octanol–water partition coefficient (Wildman–Crippen LogP) is 3.19. The second-order valence-electron chi connectivity index (χ2n) is 5.93. The van der Waals surface area contributed by atoms with Crippen LogP contribution >= 0.6 is 0 Å². The van der Waals surface area contributed by atoms with Gasteiger partial charge < -0.3 is 10.1 Å². The van der Waals surface area contributed by atoms with E-state index in [4.69, 9.17) is 4.74 Å². The summed E-state index contributed by atoms with van der Waals surface area (Å²) in [4.78, 5) is 19.6. The molecule has 8 nitrogen and oxygen atoms in total. The lowest BCUT2D eigenvalue weighted by molar-refractivity contribution is -0.116. The molecular formula is C18H24N4O4S. The van der Waals surface area contributed by atoms with E-state index >= 15 is 0 Å². The van der Waals surface area contributed by atoms with Crippen LogP contribution in [0.25, 0.3) is 0 Å². The number of carbonyl (C=O) groups excluding carboxylic acids is 1. The van der Waals surface area contributed by atoms with E-state index in [9.17, 15) is 13.2 Å². The summed E-state index contributed by atoms with van der Waals surface area (Å²) in [7, 11) is -2.38. The fraction of sp³-hybridized carbons (Fsp3) is 0.389. The van der Waals surface area contributed by atoms with E-state index < -0.39 is 10.0 Å². The van der Waals surface area contributed by atoms with E-state index in [1.807, 2.05) is 0 Å². The fourth-order valence-electron chi connectivity index (χ4n) is 2.36. The topological polar surface area (TPSA) is 110 Å². The Morgan fingerprint density at radius 3 is 2.52 bits per heavy atom. The number of amides is 1. The standard InChI is InChI=1S/C18H24N4O4S/c1-3-4-5-6-7-17(23)21-14-8-10-15(11-9-14)27(24,25)22-16-12-18(26-2)20-13-19-16/h8-13H,3-7H2,1-2H3,(H,21,23)(H,19,20,22). The lowest BCUT2D eigenvalue weighted by atomic mass is 10.1. The third-order valence-electron chi connectivity index (χ3n) is 3.80. The number of benzene rings is 1. The maximum Gasteiger partial charge on any atom is 0.263 e. The summed E-state index contributed by atoms with van der Waals surface area (Å²) in [5.74, 6) is 0.277. The Bertz CT molecular complexity index is 854. The highest BCUT2D eigenvalue weighted by atomic mass is 32.2. The minimum Gasteiger partial charge on any atom is -0.481 e. The molecule has 1 heterocycles. The van der Waals surface area contributed by atoms with E-state index in [1.54, 1.807) is 12.1 Å². The van der Waals surface area contributed by atoms with Gasteiger partial charge in [0.2, 0.25) is 11.8 Å². The lowest BCUT2D eigenvalue weighted by Crippen LogP contribution is -2.15. The summed E-state index contributed by atoms with van der Waals surface area (Å²) in [6.07, 6.45) is 5.77. The summed E-state index contributed by atoms with van der Waals surface area (Å²) in [5, 5.41) is 2.77. The molecule has 27 heavy (non-hydrogen) atoms. The molecule has 0 unspecified atom stereocenters. The van der Waals surface area contributed by atoms with Crippen LogP contribution in [-0.2, 0) is 14.8 Å². The number of unbranched alkanes of at least 4 members (excludes halogenated alkanes) is 3. The van der Waals surface area contributed by atoms with Crippen LogP contribution in [-0.4, -0.2) is 31.4 Å². The average Bonchev–Trinajstić information content (AvgIpc) is 2.65. The molecule has 0 aliphatic rings. The molecular weight excluding hydrogens is 368 g/mol. The maximum atomic E-state index is 12.4. The number of aromatic nitrogens is 2. The van der Waals surface area contributed by atoms with Crippen molar-refractivity contribution >= 4 is 27.4 Å². The van der Waals surface area contributed by atoms with E-state index in [1.165, 1.54) is 31.6 Å². The Hall–Kier alpha value is -2.68. The zero-order valence-corrected chi connectivity index (χ0v) is 16.3. The number of nitrogens with one attached hydrogen (secondary N) is 2. The summed E-state index contributed by atoms with van der Waals surface area (Å²) in [5.41, 5.74) is 0.554. The van der Waals surface area contributed by atoms with Gasteiger partial charge in [-0.05, 0) is 30.7 Å². The maximum absolute atomic E-state index is 12.4. The van der Waals surface area contributed by atoms with Crippen molar-refractivity contribution in [2.24, 2.45) is 0 Å². The SMILES string of the molecule is CCCCCCC(=O)Nc1ccc(S(=O)(=O)Nc2cc(OC)ncn2)cc1. The van der Waals surface area contributed by atoms with Crippen LogP contribution in [0.2, 0.25) is 0 Å². The van der Waals surface area contributed by atoms with Crippen LogP contribution in [0, 0.1) is 0 Å². The Balaban J connectivity index is 1.97. The van der Waals surface area contributed by atoms with Crippen molar-refractivity contribution < 1.29 is 17.9 Å². The number of nitrogens with zero attached hydrogens (tertiary/aromatic N) is 2. The van der Waals surface area contributed by atoms with Gasteiger partial charge in [0.05, 0.1) is 12.0 Å². The molecule has 146 valence electrons. The molecule has 1 aromatic heterocycles. The molecule has 0 saturated heterocycles. The fourth-order valence-corrected chi connectivity index (χ4v) is 3.36. The van der Waals surface area contributed by atoms with E-state index in [-0.39, 0.29) is 22.5 Å². The van der Waals surface area contributed by atoms with Gasteiger partial charge in [-0.15, -0.1) is 0 Å². The Labute approximate surface area is 159 Å². The molecule has 1 aromatic carbocycles. The minimum absolute atomic E-state index is 0.0565. The normalized spacial score (nSPS) is 11.0. The van der Waals surface area contributed by atoms with Gasteiger partial charge >= 0.3 is 0 Å². The second kappa shape index (κ2) is 9.86. The molecule has 2 rings (SSSR count). The van der Waals surface area contributed by atoms with Crippen molar-refractivity contribution in [1.82, 2.24) is 9.97 Å². The third-order valence-corrected chi connectivity index (χ3v) is 5.17. The first-order chi connectivity index (χ1) is 12.9. The number of ether oxygens (including phenoxy) is 1. The predicted molar refractivity (Wildman–Crippen MR) is 103 cm³/mol. The quantitative estimate of drug-likeness (QED) is 0.601. The largest absolute Gasteiger partial charge is 0.481 e. The van der Waals surface area contributed by atoms with Gasteiger partial charge in [-0.2, -0.15) is 0 Å². The number of methoxy groups -OCH3 is 1. The van der Waals surface area contributed by atoms with Gasteiger partial charge in [0, 0.05) is 18.2 Å². The van der Waals surface area contributed by atoms with Crippen molar-refractivity contribution in [3.63, 3.8) is 0 Å². The van der Waals surface area contributed by atoms with Gasteiger partial charge in [0.15, 0.2) is 0 Å². The minimum atomic E-state index is -3.81. The van der Waals surface area contributed by atoms with Crippen LogP contribution < -0.4 is 14.8 Å². The zero-order chi connectivity index (χ0) is 19.7. The first kappa shape index (κ1) is 20.6. The molecule has 2 aromatic rings. The van der Waals surface area contributed by atoms with Crippen molar-refractivity contribution in [3.05, 3.63) is 36.7 Å². The average molecular weight is 392 g/mol. The summed E-state index contributed by atoms with van der Waals surface area (Å²) >= 11 is 0. The summed E-state index contributed by atoms with van der Waals surface area (Å²) in [6, 6.07) is 7.34. The summed E-state index contributed by atoms with van der Waals surface area (Å²) in [6.45, 7) is 2.12. The Morgan fingerprint density at radius 1 is 1.11 bits per heavy atom. The van der Waals surface area contributed by atoms with Gasteiger partial charge in [0.25, 0.3) is 10.0 Å². The Morgan fingerprint density at radius 2 is 1.85 bits per heavy atom. The van der Waals surface area contributed by atoms with Crippen LogP contribution in [0.3, 0.4) is 0 Å². The van der Waals surface area contributed by atoms with Gasteiger partial charge in [-0.25, -0.2) is 18.4 Å². The highest BCUT2D eigenvalue weighted by Gasteiger charge is 2.15. The van der Waals surface area contributed by atoms with Crippen molar-refractivity contribution in [3.8, 4) is 5.88 Å². The molecule has 0 radical (unpaired) electrons. The number of hydrogen-bond acceptors (Lipinski definition) is 6. The number of hydrogen-bond donors (Lipinski definition) is 2. The van der Waals surface area contributed by atoms with Crippen molar-refractivity contribution in [2.75, 3.05) is 17.1 Å². The number of rotatable bonds is 10. The molecule has 0 atom stereocenters. The van der Waals surface area contributed by atoms with Gasteiger partial charge in [0.1, 0.15) is 12.1 Å². The van der Waals surface area contributed by atoms with Crippen LogP contribution in [0.4, 0.5) is 11.5 Å². The van der Waals surface area contributed by atoms with Gasteiger partial charge in [-0.3, -0.25) is 9.52 Å². The summed E-state index contributed by atoms with van der Waals surface area (Å²) < 4.78 is 32.2. The first-order valence-electron chi connectivity index (χ1n) is 8.73. The highest BCUT2D eigenvalue weighted by molar-refractivity contribution is 7.92. The third kappa shape index (κ3) is 6.52. The number of anilines is 2. The van der Waals surface area contributed by atoms with E-state index in [0.717, 1.165) is 25.7 Å². The van der Waals surface area contributed by atoms with Crippen LogP contribution in [0.5, 0.6) is 5.88 Å². The Kier molecular flexibility index (Phi) is 7.54. The molecule has 1 amide bonds. The first-order valence-corrected chi connectivity index (χ1v) is 10.2.